The van der Waals surface area contributed by atoms with Crippen molar-refractivity contribution in [1.82, 2.24) is 14.8 Å². The summed E-state index contributed by atoms with van der Waals surface area (Å²) in [6.45, 7) is 1.09. The van der Waals surface area contributed by atoms with E-state index in [0.717, 1.165) is 47.2 Å². The first-order valence-electron chi connectivity index (χ1n) is 16.3. The standard InChI is InChI=1S/C35H38F6N4O6.ClH/c1-49-21-22-50-29-6-3-2-5-28(29)43-16-18-44(19-17-43)32(48)33(51-25-9-7-24(8-10-25)34(36,37)38)13-4-15-45(30(33)12-20-46)31(47)26-23-42-14-11-27(26)35(39,40)41;/h2-3,5-11,14,23,30,46H,4,12-13,15-22H2,1H3;1H/t30-,33+;/m1./s1. The van der Waals surface area contributed by atoms with Gasteiger partial charge >= 0.3 is 12.4 Å². The van der Waals surface area contributed by atoms with Gasteiger partial charge in [-0.05, 0) is 55.3 Å². The van der Waals surface area contributed by atoms with Crippen LogP contribution < -0.4 is 14.4 Å². The second kappa shape index (κ2) is 17.0. The van der Waals surface area contributed by atoms with Gasteiger partial charge in [-0.2, -0.15) is 26.3 Å². The molecule has 2 atom stereocenters. The molecule has 0 spiro atoms. The Hall–Kier alpha value is -4.28. The summed E-state index contributed by atoms with van der Waals surface area (Å²) in [5.74, 6) is -1.18. The number of para-hydroxylation sites is 2. The van der Waals surface area contributed by atoms with Crippen LogP contribution in [0.1, 0.15) is 40.7 Å². The number of pyridine rings is 1. The molecular formula is C35H39ClF6N4O6. The fourth-order valence-corrected chi connectivity index (χ4v) is 6.64. The number of alkyl halides is 6. The molecule has 2 saturated heterocycles. The van der Waals surface area contributed by atoms with Crippen molar-refractivity contribution in [3.8, 4) is 11.5 Å². The molecule has 5 rings (SSSR count). The normalized spacial score (nSPS) is 19.5. The molecule has 0 saturated carbocycles. The lowest BCUT2D eigenvalue weighted by Gasteiger charge is -2.50. The van der Waals surface area contributed by atoms with E-state index in [4.69, 9.17) is 14.2 Å². The van der Waals surface area contributed by atoms with Gasteiger partial charge in [0.15, 0.2) is 0 Å². The van der Waals surface area contributed by atoms with Crippen LogP contribution in [0.2, 0.25) is 0 Å². The van der Waals surface area contributed by atoms with Crippen LogP contribution in [-0.2, 0) is 21.9 Å². The van der Waals surface area contributed by atoms with E-state index in [0.29, 0.717) is 38.1 Å². The van der Waals surface area contributed by atoms with Crippen LogP contribution in [0.25, 0.3) is 0 Å². The zero-order chi connectivity index (χ0) is 36.8. The Bertz CT molecular complexity index is 1660. The van der Waals surface area contributed by atoms with E-state index in [-0.39, 0.29) is 57.1 Å². The molecule has 10 nitrogen and oxygen atoms in total. The summed E-state index contributed by atoms with van der Waals surface area (Å²) in [5, 5.41) is 10.2. The average Bonchev–Trinajstić information content (AvgIpc) is 3.12. The number of likely N-dealkylation sites (tertiary alicyclic amines) is 1. The van der Waals surface area contributed by atoms with Gasteiger partial charge in [-0.15, -0.1) is 12.4 Å². The molecule has 52 heavy (non-hydrogen) atoms. The lowest BCUT2D eigenvalue weighted by atomic mass is 9.80. The number of carbonyl (C=O) groups is 2. The number of aromatic nitrogens is 1. The van der Waals surface area contributed by atoms with Crippen LogP contribution in [0.5, 0.6) is 11.5 Å². The van der Waals surface area contributed by atoms with Crippen LogP contribution >= 0.6 is 12.4 Å². The summed E-state index contributed by atoms with van der Waals surface area (Å²) in [6.07, 6.45) is -8.03. The average molecular weight is 761 g/mol. The summed E-state index contributed by atoms with van der Waals surface area (Å²) in [6, 6.07) is 10.4. The molecule has 0 radical (unpaired) electrons. The number of halogens is 7. The summed E-state index contributed by atoms with van der Waals surface area (Å²) < 4.78 is 99.4. The van der Waals surface area contributed by atoms with E-state index >= 15 is 0 Å². The highest BCUT2D eigenvalue weighted by atomic mass is 35.5. The summed E-state index contributed by atoms with van der Waals surface area (Å²) in [7, 11) is 1.56. The van der Waals surface area contributed by atoms with Crippen molar-refractivity contribution in [3.63, 3.8) is 0 Å². The van der Waals surface area contributed by atoms with Gasteiger partial charge in [-0.25, -0.2) is 0 Å². The maximum absolute atomic E-state index is 14.8. The molecule has 284 valence electrons. The number of aliphatic hydroxyl groups is 1. The minimum Gasteiger partial charge on any atom is -0.489 e. The zero-order valence-corrected chi connectivity index (χ0v) is 29.0. The number of nitrogens with zero attached hydrogens (tertiary/aromatic N) is 4. The first-order valence-corrected chi connectivity index (χ1v) is 16.3. The second-order valence-corrected chi connectivity index (χ2v) is 12.2. The number of amides is 2. The number of methoxy groups -OCH3 is 1. The lowest BCUT2D eigenvalue weighted by molar-refractivity contribution is -0.160. The third-order valence-electron chi connectivity index (χ3n) is 9.04. The van der Waals surface area contributed by atoms with Crippen molar-refractivity contribution >= 4 is 29.9 Å². The topological polar surface area (TPSA) is 105 Å². The number of rotatable bonds is 11. The highest BCUT2D eigenvalue weighted by Crippen LogP contribution is 2.40. The fourth-order valence-electron chi connectivity index (χ4n) is 6.64. The molecule has 1 N–H and O–H groups in total. The number of hydrogen-bond acceptors (Lipinski definition) is 8. The number of anilines is 1. The highest BCUT2D eigenvalue weighted by molar-refractivity contribution is 5.97. The van der Waals surface area contributed by atoms with E-state index in [2.05, 4.69) is 4.98 Å². The van der Waals surface area contributed by atoms with Crippen molar-refractivity contribution in [2.75, 3.05) is 64.6 Å². The monoisotopic (exact) mass is 760 g/mol. The lowest BCUT2D eigenvalue weighted by Crippen LogP contribution is -2.69. The molecule has 3 aromatic rings. The van der Waals surface area contributed by atoms with Gasteiger partial charge in [0.2, 0.25) is 5.60 Å². The number of carbonyl (C=O) groups excluding carboxylic acids is 2. The quantitative estimate of drug-likeness (QED) is 0.196. The smallest absolute Gasteiger partial charge is 0.417 e. The minimum atomic E-state index is -4.90. The van der Waals surface area contributed by atoms with Gasteiger partial charge in [-0.1, -0.05) is 12.1 Å². The molecular weight excluding hydrogens is 722 g/mol. The summed E-state index contributed by atoms with van der Waals surface area (Å²) in [4.78, 5) is 37.1. The Labute approximate surface area is 302 Å². The Balaban J connectivity index is 0.00000605. The van der Waals surface area contributed by atoms with Crippen molar-refractivity contribution < 1.29 is 55.2 Å². The van der Waals surface area contributed by atoms with Crippen LogP contribution in [0.15, 0.2) is 67.0 Å². The van der Waals surface area contributed by atoms with E-state index in [9.17, 15) is 41.0 Å². The number of ether oxygens (including phenoxy) is 3. The van der Waals surface area contributed by atoms with Crippen LogP contribution in [-0.4, -0.2) is 103 Å². The third kappa shape index (κ3) is 8.84. The van der Waals surface area contributed by atoms with Crippen LogP contribution in [0.4, 0.5) is 32.0 Å². The molecule has 2 aromatic carbocycles. The summed E-state index contributed by atoms with van der Waals surface area (Å²) in [5.41, 5.74) is -4.10. The Kier molecular flexibility index (Phi) is 13.3. The molecule has 3 heterocycles. The third-order valence-corrected chi connectivity index (χ3v) is 9.04. The highest BCUT2D eigenvalue weighted by Gasteiger charge is 2.56. The first kappa shape index (κ1) is 40.5. The summed E-state index contributed by atoms with van der Waals surface area (Å²) >= 11 is 0. The largest absolute Gasteiger partial charge is 0.489 e. The maximum Gasteiger partial charge on any atom is 0.417 e. The van der Waals surface area contributed by atoms with Gasteiger partial charge in [0.1, 0.15) is 18.1 Å². The van der Waals surface area contributed by atoms with E-state index in [1.807, 2.05) is 29.2 Å². The van der Waals surface area contributed by atoms with Gasteiger partial charge in [0, 0.05) is 65.3 Å². The maximum atomic E-state index is 14.8. The van der Waals surface area contributed by atoms with E-state index in [1.54, 1.807) is 7.11 Å². The zero-order valence-electron chi connectivity index (χ0n) is 28.2. The number of benzene rings is 2. The van der Waals surface area contributed by atoms with Crippen molar-refractivity contribution in [2.24, 2.45) is 0 Å². The van der Waals surface area contributed by atoms with E-state index in [1.165, 1.54) is 4.90 Å². The Morgan fingerprint density at radius 3 is 2.25 bits per heavy atom. The number of piperazine rings is 1. The molecule has 0 aliphatic carbocycles. The number of aliphatic hydroxyl groups excluding tert-OH is 1. The van der Waals surface area contributed by atoms with Crippen molar-refractivity contribution in [2.45, 2.75) is 43.3 Å². The minimum absolute atomic E-state index is 0. The van der Waals surface area contributed by atoms with Crippen LogP contribution in [0.3, 0.4) is 0 Å². The predicted molar refractivity (Wildman–Crippen MR) is 180 cm³/mol. The first-order chi connectivity index (χ1) is 24.3. The molecule has 2 amide bonds. The molecule has 1 aromatic heterocycles. The van der Waals surface area contributed by atoms with Gasteiger partial charge < -0.3 is 34.0 Å². The molecule has 2 aliphatic rings. The van der Waals surface area contributed by atoms with Crippen molar-refractivity contribution in [3.05, 3.63) is 83.7 Å². The molecule has 2 aliphatic heterocycles. The van der Waals surface area contributed by atoms with Crippen LogP contribution in [0, 0.1) is 0 Å². The van der Waals surface area contributed by atoms with Gasteiger partial charge in [-0.3, -0.25) is 14.6 Å². The Morgan fingerprint density at radius 2 is 1.62 bits per heavy atom. The molecule has 17 heteroatoms. The SMILES string of the molecule is COCCOc1ccccc1N1CCN(C(=O)[C@]2(Oc3ccc(C(F)(F)F)cc3)CCCN(C(=O)c3cnccc3C(F)(F)F)[C@@H]2CCO)CC1.Cl. The van der Waals surface area contributed by atoms with Crippen molar-refractivity contribution in [1.29, 1.82) is 0 Å². The molecule has 0 bridgehead atoms. The fraction of sp³-hybridized carbons (Fsp3) is 0.457. The second-order valence-electron chi connectivity index (χ2n) is 12.2. The Morgan fingerprint density at radius 1 is 0.923 bits per heavy atom. The van der Waals surface area contributed by atoms with Gasteiger partial charge in [0.25, 0.3) is 11.8 Å². The molecule has 0 unspecified atom stereocenters. The number of piperidine rings is 1. The predicted octanol–water partition coefficient (Wildman–Crippen LogP) is 5.72. The van der Waals surface area contributed by atoms with E-state index < -0.39 is 59.1 Å². The molecule has 2 fully saturated rings. The van der Waals surface area contributed by atoms with Gasteiger partial charge in [0.05, 0.1) is 35.0 Å². The number of hydrogen-bond donors (Lipinski definition) is 1.